The van der Waals surface area contributed by atoms with Crippen molar-refractivity contribution >= 4 is 11.3 Å². The van der Waals surface area contributed by atoms with Gasteiger partial charge in [-0.15, -0.1) is 11.3 Å². The first-order valence-electron chi connectivity index (χ1n) is 4.29. The van der Waals surface area contributed by atoms with Crippen LogP contribution in [-0.4, -0.2) is 0 Å². The van der Waals surface area contributed by atoms with E-state index in [0.29, 0.717) is 0 Å². The van der Waals surface area contributed by atoms with E-state index in [1.54, 1.807) is 11.3 Å². The normalized spacial score (nSPS) is 12.7. The van der Waals surface area contributed by atoms with Gasteiger partial charge in [0.25, 0.3) is 0 Å². The second-order valence-electron chi connectivity index (χ2n) is 2.98. The van der Waals surface area contributed by atoms with E-state index in [-0.39, 0.29) is 5.92 Å². The number of thiophene rings is 1. The van der Waals surface area contributed by atoms with Gasteiger partial charge >= 0.3 is 0 Å². The summed E-state index contributed by atoms with van der Waals surface area (Å²) >= 11 is 1.76. The summed E-state index contributed by atoms with van der Waals surface area (Å²) in [5, 5.41) is 2.09. The highest BCUT2D eigenvalue weighted by Crippen LogP contribution is 2.26. The second-order valence-corrected chi connectivity index (χ2v) is 3.96. The Labute approximate surface area is 82.9 Å². The number of benzene rings is 1. The quantitative estimate of drug-likeness (QED) is 0.672. The summed E-state index contributed by atoms with van der Waals surface area (Å²) in [4.78, 5) is 1.33. The van der Waals surface area contributed by atoms with Gasteiger partial charge in [0, 0.05) is 10.8 Å². The minimum Gasteiger partial charge on any atom is -0.148 e. The van der Waals surface area contributed by atoms with Crippen LogP contribution in [0.25, 0.3) is 0 Å². The molecule has 0 aliphatic heterocycles. The molecule has 0 nitrogen and oxygen atoms in total. The van der Waals surface area contributed by atoms with E-state index >= 15 is 0 Å². The van der Waals surface area contributed by atoms with Crippen LogP contribution in [0.3, 0.4) is 0 Å². The highest BCUT2D eigenvalue weighted by molar-refractivity contribution is 7.10. The molecular weight excluding hydrogens is 176 g/mol. The maximum Gasteiger partial charge on any atom is 0.0184 e. The third kappa shape index (κ3) is 1.81. The van der Waals surface area contributed by atoms with Gasteiger partial charge in [-0.3, -0.25) is 0 Å². The monoisotopic (exact) mass is 187 g/mol. The topological polar surface area (TPSA) is 0 Å². The fraction of sp³-hybridized carbons (Fsp3) is 0.0833. The van der Waals surface area contributed by atoms with Crippen molar-refractivity contribution in [3.63, 3.8) is 0 Å². The summed E-state index contributed by atoms with van der Waals surface area (Å²) < 4.78 is 0. The van der Waals surface area contributed by atoms with Crippen LogP contribution in [0.4, 0.5) is 0 Å². The highest BCUT2D eigenvalue weighted by atomic mass is 32.1. The molecule has 0 aliphatic carbocycles. The molecule has 1 aromatic carbocycles. The van der Waals surface area contributed by atoms with Crippen LogP contribution in [-0.2, 0) is 0 Å². The van der Waals surface area contributed by atoms with Crippen molar-refractivity contribution in [2.45, 2.75) is 5.92 Å². The van der Waals surface area contributed by atoms with Gasteiger partial charge in [-0.2, -0.15) is 0 Å². The zero-order valence-electron chi connectivity index (χ0n) is 7.31. The Kier molecular flexibility index (Phi) is 2.46. The van der Waals surface area contributed by atoms with E-state index in [9.17, 15) is 0 Å². The molecule has 0 amide bonds. The molecule has 1 radical (unpaired) electrons. The first kappa shape index (κ1) is 8.52. The average molecular weight is 187 g/mol. The molecule has 0 bridgehead atoms. The third-order valence-electron chi connectivity index (χ3n) is 2.09. The highest BCUT2D eigenvalue weighted by Gasteiger charge is 2.07. The van der Waals surface area contributed by atoms with E-state index < -0.39 is 0 Å². The minimum absolute atomic E-state index is 0.279. The molecule has 1 heterocycles. The second kappa shape index (κ2) is 3.75. The van der Waals surface area contributed by atoms with Crippen molar-refractivity contribution in [1.82, 2.24) is 0 Å². The van der Waals surface area contributed by atoms with Gasteiger partial charge in [-0.25, -0.2) is 0 Å². The Morgan fingerprint density at radius 2 is 1.77 bits per heavy atom. The lowest BCUT2D eigenvalue weighted by Crippen LogP contribution is -1.91. The largest absolute Gasteiger partial charge is 0.148 e. The van der Waals surface area contributed by atoms with Gasteiger partial charge < -0.3 is 0 Å². The summed E-state index contributed by atoms with van der Waals surface area (Å²) in [7, 11) is 0. The smallest absolute Gasteiger partial charge is 0.0184 e. The molecular formula is C12H11S. The maximum atomic E-state index is 4.16. The van der Waals surface area contributed by atoms with E-state index in [4.69, 9.17) is 0 Å². The predicted octanol–water partition coefficient (Wildman–Crippen LogP) is 3.71. The molecule has 13 heavy (non-hydrogen) atoms. The van der Waals surface area contributed by atoms with Crippen LogP contribution < -0.4 is 0 Å². The van der Waals surface area contributed by atoms with Crippen LogP contribution in [0.2, 0.25) is 0 Å². The van der Waals surface area contributed by atoms with Crippen molar-refractivity contribution in [3.8, 4) is 0 Å². The van der Waals surface area contributed by atoms with Crippen molar-refractivity contribution < 1.29 is 0 Å². The van der Waals surface area contributed by atoms with Crippen molar-refractivity contribution in [1.29, 1.82) is 0 Å². The molecule has 1 aromatic heterocycles. The number of hydrogen-bond acceptors (Lipinski definition) is 1. The van der Waals surface area contributed by atoms with Crippen LogP contribution in [0, 0.1) is 6.92 Å². The standard InChI is InChI=1S/C12H11S/c1-10(12-8-5-9-13-12)11-6-3-2-4-7-11/h2-10H,1H2. The van der Waals surface area contributed by atoms with E-state index in [1.165, 1.54) is 10.4 Å². The lowest BCUT2D eigenvalue weighted by Gasteiger charge is -2.08. The number of rotatable bonds is 2. The lowest BCUT2D eigenvalue weighted by atomic mass is 10.00. The van der Waals surface area contributed by atoms with Gasteiger partial charge in [-0.1, -0.05) is 36.4 Å². The predicted molar refractivity (Wildman–Crippen MR) is 58.0 cm³/mol. The average Bonchev–Trinajstić information content (AvgIpc) is 2.71. The Hall–Kier alpha value is -1.08. The lowest BCUT2D eigenvalue weighted by molar-refractivity contribution is 1.06. The van der Waals surface area contributed by atoms with Crippen LogP contribution >= 0.6 is 11.3 Å². The van der Waals surface area contributed by atoms with Gasteiger partial charge in [0.2, 0.25) is 0 Å². The number of hydrogen-bond donors (Lipinski definition) is 0. The fourth-order valence-electron chi connectivity index (χ4n) is 1.34. The molecule has 0 aliphatic rings. The summed E-state index contributed by atoms with van der Waals surface area (Å²) in [6, 6.07) is 14.6. The first-order valence-corrected chi connectivity index (χ1v) is 5.17. The van der Waals surface area contributed by atoms with Crippen LogP contribution in [0.15, 0.2) is 47.8 Å². The van der Waals surface area contributed by atoms with Gasteiger partial charge in [0.15, 0.2) is 0 Å². The summed E-state index contributed by atoms with van der Waals surface area (Å²) in [6.45, 7) is 4.16. The van der Waals surface area contributed by atoms with E-state index in [0.717, 1.165) is 0 Å². The molecule has 0 saturated heterocycles. The van der Waals surface area contributed by atoms with E-state index in [2.05, 4.69) is 48.7 Å². The van der Waals surface area contributed by atoms with Crippen molar-refractivity contribution in [2.75, 3.05) is 0 Å². The zero-order valence-corrected chi connectivity index (χ0v) is 8.13. The molecule has 1 unspecified atom stereocenters. The molecule has 0 N–H and O–H groups in total. The summed E-state index contributed by atoms with van der Waals surface area (Å²) in [5.41, 5.74) is 1.28. The Morgan fingerprint density at radius 3 is 2.38 bits per heavy atom. The fourth-order valence-corrected chi connectivity index (χ4v) is 2.11. The molecule has 65 valence electrons. The third-order valence-corrected chi connectivity index (χ3v) is 3.07. The molecule has 0 fully saturated rings. The molecule has 1 heteroatoms. The Bertz CT molecular complexity index is 348. The summed E-state index contributed by atoms with van der Waals surface area (Å²) in [5.74, 6) is 0.279. The summed E-state index contributed by atoms with van der Waals surface area (Å²) in [6.07, 6.45) is 0. The SMILES string of the molecule is [CH2]C(c1ccccc1)c1cccs1. The van der Waals surface area contributed by atoms with Crippen LogP contribution in [0.1, 0.15) is 16.4 Å². The minimum atomic E-state index is 0.279. The van der Waals surface area contributed by atoms with Crippen molar-refractivity contribution in [3.05, 3.63) is 65.2 Å². The molecule has 0 saturated carbocycles. The molecule has 2 aromatic rings. The molecule has 1 atom stereocenters. The first-order chi connectivity index (χ1) is 6.38. The van der Waals surface area contributed by atoms with E-state index in [1.807, 2.05) is 6.07 Å². The molecule has 2 rings (SSSR count). The van der Waals surface area contributed by atoms with Gasteiger partial charge in [0.05, 0.1) is 0 Å². The maximum absolute atomic E-state index is 4.16. The van der Waals surface area contributed by atoms with Crippen molar-refractivity contribution in [2.24, 2.45) is 0 Å². The van der Waals surface area contributed by atoms with Gasteiger partial charge in [-0.05, 0) is 23.9 Å². The Balaban J connectivity index is 2.29. The van der Waals surface area contributed by atoms with Gasteiger partial charge in [0.1, 0.15) is 0 Å². The molecule has 0 spiro atoms. The van der Waals surface area contributed by atoms with Crippen LogP contribution in [0.5, 0.6) is 0 Å². The zero-order chi connectivity index (χ0) is 9.10. The Morgan fingerprint density at radius 1 is 1.00 bits per heavy atom.